The summed E-state index contributed by atoms with van der Waals surface area (Å²) in [4.78, 5) is 11.3. The topological polar surface area (TPSA) is 49.7 Å². The fourth-order valence-electron chi connectivity index (χ4n) is 1.31. The Bertz CT molecular complexity index is 545. The van der Waals surface area contributed by atoms with E-state index in [1.807, 2.05) is 24.3 Å². The molecule has 14 heavy (non-hydrogen) atoms. The molecule has 0 radical (unpaired) electrons. The summed E-state index contributed by atoms with van der Waals surface area (Å²) in [5, 5.41) is 12.3. The molecule has 0 aliphatic heterocycles. The van der Waals surface area contributed by atoms with Crippen LogP contribution in [0.1, 0.15) is 5.56 Å². The predicted octanol–water partition coefficient (Wildman–Crippen LogP) is 2.07. The van der Waals surface area contributed by atoms with Crippen LogP contribution in [0.5, 0.6) is 0 Å². The van der Waals surface area contributed by atoms with Gasteiger partial charge in [-0.05, 0) is 6.07 Å². The molecule has 0 bridgehead atoms. The minimum Gasteiger partial charge on any atom is -0.411 e. The summed E-state index contributed by atoms with van der Waals surface area (Å²) < 4.78 is 0.855. The monoisotopic (exact) mass is 205 g/mol. The maximum Gasteiger partial charge on any atom is 0.233 e. The molecule has 1 heterocycles. The van der Waals surface area contributed by atoms with Crippen molar-refractivity contribution in [2.24, 2.45) is 5.16 Å². The largest absolute Gasteiger partial charge is 0.411 e. The lowest BCUT2D eigenvalue weighted by atomic mass is 10.1. The maximum absolute atomic E-state index is 11.3. The highest BCUT2D eigenvalue weighted by Gasteiger charge is 2.00. The van der Waals surface area contributed by atoms with Gasteiger partial charge in [-0.25, -0.2) is 0 Å². The van der Waals surface area contributed by atoms with Crippen molar-refractivity contribution in [3.8, 4) is 0 Å². The van der Waals surface area contributed by atoms with Gasteiger partial charge >= 0.3 is 0 Å². The fraction of sp³-hybridized carbons (Fsp3) is 0. The standard InChI is InChI=1S/C10H7NO2S/c12-10-5-7(6-11-13)8-3-1-2-4-9(8)14-10/h1-6,13H/b11-6+. The number of benzene rings is 1. The number of nitrogens with zero attached hydrogens (tertiary/aromatic N) is 1. The summed E-state index contributed by atoms with van der Waals surface area (Å²) in [7, 11) is 0. The van der Waals surface area contributed by atoms with Crippen LogP contribution in [-0.2, 0) is 0 Å². The van der Waals surface area contributed by atoms with Crippen LogP contribution in [0, 0.1) is 0 Å². The van der Waals surface area contributed by atoms with Gasteiger partial charge in [0.05, 0.1) is 6.21 Å². The van der Waals surface area contributed by atoms with Gasteiger partial charge in [0.2, 0.25) is 4.74 Å². The lowest BCUT2D eigenvalue weighted by molar-refractivity contribution is 0.322. The molecule has 0 atom stereocenters. The minimum absolute atomic E-state index is 0.0430. The third-order valence-electron chi connectivity index (χ3n) is 1.88. The molecule has 3 nitrogen and oxygen atoms in total. The SMILES string of the molecule is O=c1cc(/C=N/O)c2ccccc2s1. The molecule has 2 rings (SSSR count). The maximum atomic E-state index is 11.3. The van der Waals surface area contributed by atoms with Crippen molar-refractivity contribution in [1.29, 1.82) is 0 Å². The highest BCUT2D eigenvalue weighted by atomic mass is 32.1. The number of oxime groups is 1. The van der Waals surface area contributed by atoms with Crippen LogP contribution in [0.2, 0.25) is 0 Å². The molecule has 0 unspecified atom stereocenters. The van der Waals surface area contributed by atoms with E-state index < -0.39 is 0 Å². The zero-order valence-corrected chi connectivity index (χ0v) is 7.99. The molecule has 4 heteroatoms. The van der Waals surface area contributed by atoms with Crippen LogP contribution in [0.25, 0.3) is 10.1 Å². The molecule has 0 aliphatic rings. The Hall–Kier alpha value is -1.68. The van der Waals surface area contributed by atoms with Gasteiger partial charge in [-0.15, -0.1) is 0 Å². The second-order valence-corrected chi connectivity index (χ2v) is 3.81. The van der Waals surface area contributed by atoms with E-state index in [-0.39, 0.29) is 4.74 Å². The summed E-state index contributed by atoms with van der Waals surface area (Å²) in [5.74, 6) is 0. The van der Waals surface area contributed by atoms with E-state index in [9.17, 15) is 4.79 Å². The first-order chi connectivity index (χ1) is 6.81. The molecule has 0 saturated heterocycles. The molecular formula is C10H7NO2S. The van der Waals surface area contributed by atoms with Crippen molar-refractivity contribution in [2.45, 2.75) is 0 Å². The van der Waals surface area contributed by atoms with E-state index in [4.69, 9.17) is 5.21 Å². The van der Waals surface area contributed by atoms with Gasteiger partial charge in [0.25, 0.3) is 0 Å². The highest BCUT2D eigenvalue weighted by Crippen LogP contribution is 2.18. The molecule has 70 valence electrons. The molecule has 2 aromatic rings. The molecule has 1 aromatic carbocycles. The molecule has 1 aromatic heterocycles. The average Bonchev–Trinajstić information content (AvgIpc) is 2.18. The van der Waals surface area contributed by atoms with Gasteiger partial charge in [0.15, 0.2) is 0 Å². The van der Waals surface area contributed by atoms with Crippen molar-refractivity contribution in [3.05, 3.63) is 45.4 Å². The van der Waals surface area contributed by atoms with Crippen LogP contribution in [0.15, 0.2) is 40.3 Å². The third-order valence-corrected chi connectivity index (χ3v) is 2.77. The highest BCUT2D eigenvalue weighted by molar-refractivity contribution is 7.16. The quantitative estimate of drug-likeness (QED) is 0.440. The Kier molecular flexibility index (Phi) is 2.28. The minimum atomic E-state index is -0.0430. The molecule has 0 spiro atoms. The number of hydrogen-bond acceptors (Lipinski definition) is 4. The third kappa shape index (κ3) is 1.52. The first kappa shape index (κ1) is 8.90. The van der Waals surface area contributed by atoms with Gasteiger partial charge in [0, 0.05) is 21.7 Å². The van der Waals surface area contributed by atoms with E-state index in [2.05, 4.69) is 5.16 Å². The van der Waals surface area contributed by atoms with Crippen molar-refractivity contribution >= 4 is 27.6 Å². The second-order valence-electron chi connectivity index (χ2n) is 2.76. The van der Waals surface area contributed by atoms with Crippen molar-refractivity contribution in [2.75, 3.05) is 0 Å². The summed E-state index contributed by atoms with van der Waals surface area (Å²) in [6, 6.07) is 8.98. The Labute approximate surface area is 83.9 Å². The molecule has 0 amide bonds. The number of hydrogen-bond donors (Lipinski definition) is 1. The lowest BCUT2D eigenvalue weighted by Gasteiger charge is -1.98. The first-order valence-electron chi connectivity index (χ1n) is 4.01. The van der Waals surface area contributed by atoms with Crippen LogP contribution >= 0.6 is 11.3 Å². The van der Waals surface area contributed by atoms with Gasteiger partial charge in [-0.3, -0.25) is 4.79 Å². The zero-order valence-electron chi connectivity index (χ0n) is 7.18. The Morgan fingerprint density at radius 2 is 2.14 bits per heavy atom. The molecule has 0 saturated carbocycles. The molecule has 0 fully saturated rings. The van der Waals surface area contributed by atoms with E-state index >= 15 is 0 Å². The van der Waals surface area contributed by atoms with Gasteiger partial charge in [-0.2, -0.15) is 0 Å². The Morgan fingerprint density at radius 1 is 1.36 bits per heavy atom. The Balaban J connectivity index is 2.86. The predicted molar refractivity (Wildman–Crippen MR) is 57.5 cm³/mol. The van der Waals surface area contributed by atoms with E-state index in [1.165, 1.54) is 23.6 Å². The molecule has 0 aliphatic carbocycles. The van der Waals surface area contributed by atoms with Gasteiger partial charge < -0.3 is 5.21 Å². The molecular weight excluding hydrogens is 198 g/mol. The van der Waals surface area contributed by atoms with Crippen LogP contribution in [0.4, 0.5) is 0 Å². The summed E-state index contributed by atoms with van der Waals surface area (Å²) in [5.41, 5.74) is 0.645. The zero-order chi connectivity index (χ0) is 9.97. The first-order valence-corrected chi connectivity index (χ1v) is 4.83. The van der Waals surface area contributed by atoms with E-state index in [0.717, 1.165) is 10.1 Å². The van der Waals surface area contributed by atoms with Crippen LogP contribution in [-0.4, -0.2) is 11.4 Å². The molecule has 1 N–H and O–H groups in total. The summed E-state index contributed by atoms with van der Waals surface area (Å²) in [6.07, 6.45) is 1.27. The van der Waals surface area contributed by atoms with Gasteiger partial charge in [-0.1, -0.05) is 34.7 Å². The van der Waals surface area contributed by atoms with Crippen molar-refractivity contribution in [3.63, 3.8) is 0 Å². The van der Waals surface area contributed by atoms with Crippen molar-refractivity contribution < 1.29 is 5.21 Å². The van der Waals surface area contributed by atoms with Crippen LogP contribution < -0.4 is 4.74 Å². The summed E-state index contributed by atoms with van der Waals surface area (Å²) >= 11 is 1.18. The second kappa shape index (κ2) is 3.59. The fourth-order valence-corrected chi connectivity index (χ4v) is 2.15. The smallest absolute Gasteiger partial charge is 0.233 e. The van der Waals surface area contributed by atoms with Gasteiger partial charge in [0.1, 0.15) is 0 Å². The number of rotatable bonds is 1. The number of fused-ring (bicyclic) bond motifs is 1. The van der Waals surface area contributed by atoms with Crippen molar-refractivity contribution in [1.82, 2.24) is 0 Å². The van der Waals surface area contributed by atoms with E-state index in [0.29, 0.717) is 5.56 Å². The van der Waals surface area contributed by atoms with Crippen LogP contribution in [0.3, 0.4) is 0 Å². The lowest BCUT2D eigenvalue weighted by Crippen LogP contribution is -1.95. The summed E-state index contributed by atoms with van der Waals surface area (Å²) in [6.45, 7) is 0. The normalized spacial score (nSPS) is 11.1. The Morgan fingerprint density at radius 3 is 2.93 bits per heavy atom. The average molecular weight is 205 g/mol. The van der Waals surface area contributed by atoms with E-state index in [1.54, 1.807) is 0 Å².